The number of aromatic nitrogens is 4. The van der Waals surface area contributed by atoms with E-state index in [1.807, 2.05) is 0 Å². The molecule has 1 fully saturated rings. The molecule has 144 valence electrons. The summed E-state index contributed by atoms with van der Waals surface area (Å²) in [7, 11) is -10.2. The molecular formula is C10H15N5O9P2. The summed E-state index contributed by atoms with van der Waals surface area (Å²) in [6.45, 7) is -0.551. The predicted octanol–water partition coefficient (Wildman–Crippen LogP) is -0.717. The first-order chi connectivity index (χ1) is 12.1. The number of nitrogens with two attached hydrogens (primary N) is 1. The number of phosphoric ester groups is 1. The second-order valence-corrected chi connectivity index (χ2v) is 8.20. The molecule has 2 aromatic rings. The summed E-state index contributed by atoms with van der Waals surface area (Å²) in [5.41, 5.74) is 6.33. The van der Waals surface area contributed by atoms with Crippen molar-refractivity contribution in [2.75, 3.05) is 12.3 Å². The normalized spacial score (nSPS) is 26.2. The van der Waals surface area contributed by atoms with Gasteiger partial charge in [-0.2, -0.15) is 4.31 Å². The number of aliphatic hydroxyl groups is 1. The molecule has 1 aliphatic heterocycles. The number of nitrogens with zero attached hydrogens (tertiary/aromatic N) is 4. The molecule has 0 saturated carbocycles. The van der Waals surface area contributed by atoms with Gasteiger partial charge in [0.2, 0.25) is 0 Å². The third-order valence-corrected chi connectivity index (χ3v) is 5.61. The molecule has 16 heteroatoms. The van der Waals surface area contributed by atoms with Crippen LogP contribution in [-0.2, 0) is 22.7 Å². The van der Waals surface area contributed by atoms with E-state index in [4.69, 9.17) is 20.3 Å². The Hall–Kier alpha value is -1.47. The lowest BCUT2D eigenvalue weighted by Gasteiger charge is -2.17. The minimum absolute atomic E-state index is 0.0147. The number of aliphatic hydroxyl groups excluding tert-OH is 1. The second-order valence-electron chi connectivity index (χ2n) is 5.37. The minimum Gasteiger partial charge on any atom is -0.388 e. The van der Waals surface area contributed by atoms with Gasteiger partial charge < -0.3 is 30.3 Å². The molecule has 0 aromatic carbocycles. The molecule has 2 unspecified atom stereocenters. The van der Waals surface area contributed by atoms with Gasteiger partial charge in [0, 0.05) is 6.42 Å². The van der Waals surface area contributed by atoms with E-state index < -0.39 is 40.7 Å². The highest BCUT2D eigenvalue weighted by Crippen LogP contribution is 2.57. The fraction of sp³-hybridized carbons (Fsp3) is 0.500. The number of fused-ring (bicyclic) bond motifs is 1. The molecule has 6 N–H and O–H groups in total. The summed E-state index contributed by atoms with van der Waals surface area (Å²) in [6.07, 6.45) is -0.227. The van der Waals surface area contributed by atoms with Gasteiger partial charge in [0.15, 0.2) is 17.7 Å². The zero-order valence-electron chi connectivity index (χ0n) is 12.9. The summed E-state index contributed by atoms with van der Waals surface area (Å²) in [6, 6.07) is 0. The van der Waals surface area contributed by atoms with E-state index in [0.29, 0.717) is 11.2 Å². The summed E-state index contributed by atoms with van der Waals surface area (Å²) in [5, 5.41) is 10.2. The Morgan fingerprint density at radius 1 is 1.31 bits per heavy atom. The Labute approximate surface area is 145 Å². The molecule has 1 aliphatic rings. The van der Waals surface area contributed by atoms with Gasteiger partial charge in [0.1, 0.15) is 17.9 Å². The molecule has 14 nitrogen and oxygen atoms in total. The van der Waals surface area contributed by atoms with Gasteiger partial charge in [-0.1, -0.05) is 0 Å². The van der Waals surface area contributed by atoms with Crippen molar-refractivity contribution < 1.29 is 42.5 Å². The lowest BCUT2D eigenvalue weighted by atomic mass is 10.2. The molecule has 0 spiro atoms. The molecule has 1 saturated heterocycles. The van der Waals surface area contributed by atoms with Gasteiger partial charge >= 0.3 is 15.6 Å². The van der Waals surface area contributed by atoms with Crippen molar-refractivity contribution in [1.29, 1.82) is 0 Å². The second kappa shape index (κ2) is 6.93. The number of hydrogen-bond donors (Lipinski definition) is 5. The molecule has 2 aromatic heterocycles. The number of phosphoric acid groups is 2. The van der Waals surface area contributed by atoms with Gasteiger partial charge in [0.05, 0.1) is 19.0 Å². The average Bonchev–Trinajstić information content (AvgIpc) is 3.07. The highest BCUT2D eigenvalue weighted by atomic mass is 31.3. The van der Waals surface area contributed by atoms with Crippen molar-refractivity contribution >= 4 is 32.6 Å². The molecule has 0 bridgehead atoms. The van der Waals surface area contributed by atoms with Gasteiger partial charge in [-0.3, -0.25) is 9.09 Å². The summed E-state index contributed by atoms with van der Waals surface area (Å²) >= 11 is 0. The Morgan fingerprint density at radius 2 is 2.04 bits per heavy atom. The van der Waals surface area contributed by atoms with Crippen LogP contribution in [0, 0.1) is 0 Å². The van der Waals surface area contributed by atoms with Crippen molar-refractivity contribution in [3.8, 4) is 0 Å². The van der Waals surface area contributed by atoms with Crippen LogP contribution >= 0.6 is 15.6 Å². The number of rotatable bonds is 6. The van der Waals surface area contributed by atoms with E-state index in [9.17, 15) is 19.1 Å². The maximum atomic E-state index is 11.4. The SMILES string of the molecule is Nc1ncnc2c1ncn2[C@@H]1O[C@H](COP(=O)(O)OP(=O)(O)O)CC1O. The Bertz CT molecular complexity index is 900. The molecule has 3 rings (SSSR count). The van der Waals surface area contributed by atoms with Crippen LogP contribution in [0.1, 0.15) is 12.6 Å². The van der Waals surface area contributed by atoms with E-state index in [2.05, 4.69) is 23.8 Å². The van der Waals surface area contributed by atoms with Gasteiger partial charge in [0.25, 0.3) is 0 Å². The summed E-state index contributed by atoms with van der Waals surface area (Å²) in [5.74, 6) is 0.150. The van der Waals surface area contributed by atoms with Crippen LogP contribution in [-0.4, -0.2) is 58.1 Å². The van der Waals surface area contributed by atoms with E-state index in [0.717, 1.165) is 0 Å². The third kappa shape index (κ3) is 4.26. The van der Waals surface area contributed by atoms with E-state index >= 15 is 0 Å². The maximum Gasteiger partial charge on any atom is 0.481 e. The third-order valence-electron chi connectivity index (χ3n) is 3.46. The monoisotopic (exact) mass is 411 g/mol. The zero-order chi connectivity index (χ0) is 19.1. The number of ether oxygens (including phenoxy) is 1. The Kier molecular flexibility index (Phi) is 5.14. The number of hydrogen-bond acceptors (Lipinski definition) is 10. The van der Waals surface area contributed by atoms with E-state index in [1.165, 1.54) is 17.2 Å². The summed E-state index contributed by atoms with van der Waals surface area (Å²) in [4.78, 5) is 38.2. The predicted molar refractivity (Wildman–Crippen MR) is 83.2 cm³/mol. The van der Waals surface area contributed by atoms with Crippen LogP contribution in [0.25, 0.3) is 11.2 Å². The van der Waals surface area contributed by atoms with Crippen molar-refractivity contribution in [2.45, 2.75) is 24.9 Å². The first-order valence-corrected chi connectivity index (χ1v) is 10.1. The van der Waals surface area contributed by atoms with Gasteiger partial charge in [-0.25, -0.2) is 24.1 Å². The van der Waals surface area contributed by atoms with Crippen LogP contribution in [0.15, 0.2) is 12.7 Å². The molecule has 0 amide bonds. The maximum absolute atomic E-state index is 11.4. The molecule has 26 heavy (non-hydrogen) atoms. The quantitative estimate of drug-likeness (QED) is 0.372. The van der Waals surface area contributed by atoms with Gasteiger partial charge in [-0.05, 0) is 0 Å². The Balaban J connectivity index is 1.69. The van der Waals surface area contributed by atoms with Crippen molar-refractivity contribution in [3.63, 3.8) is 0 Å². The van der Waals surface area contributed by atoms with Gasteiger partial charge in [-0.15, -0.1) is 0 Å². The standard InChI is InChI=1S/C10H15N5O9P2/c11-8-7-9(13-3-12-8)15(4-14-7)10-6(16)1-5(23-10)2-22-26(20,21)24-25(17,18)19/h3-6,10,16H,1-2H2,(H,20,21)(H2,11,12,13)(H2,17,18,19)/t5-,6?,10+/m0/s1. The van der Waals surface area contributed by atoms with Crippen LogP contribution in [0.2, 0.25) is 0 Å². The molecule has 4 atom stereocenters. The molecule has 3 heterocycles. The highest BCUT2D eigenvalue weighted by Gasteiger charge is 2.39. The number of nitrogen functional groups attached to an aromatic ring is 1. The smallest absolute Gasteiger partial charge is 0.388 e. The van der Waals surface area contributed by atoms with Crippen molar-refractivity contribution in [3.05, 3.63) is 12.7 Å². The Morgan fingerprint density at radius 3 is 2.73 bits per heavy atom. The van der Waals surface area contributed by atoms with Crippen LogP contribution < -0.4 is 5.73 Å². The summed E-state index contributed by atoms with van der Waals surface area (Å²) < 4.78 is 37.2. The molecule has 0 aliphatic carbocycles. The first-order valence-electron chi connectivity index (χ1n) is 7.06. The number of anilines is 1. The van der Waals surface area contributed by atoms with Crippen LogP contribution in [0.3, 0.4) is 0 Å². The van der Waals surface area contributed by atoms with Crippen molar-refractivity contribution in [1.82, 2.24) is 19.5 Å². The fourth-order valence-corrected chi connectivity index (χ4v) is 4.10. The van der Waals surface area contributed by atoms with Crippen LogP contribution in [0.4, 0.5) is 5.82 Å². The first kappa shape index (κ1) is 19.3. The lowest BCUT2D eigenvalue weighted by molar-refractivity contribution is -0.0481. The number of imidazole rings is 1. The zero-order valence-corrected chi connectivity index (χ0v) is 14.7. The molecule has 0 radical (unpaired) electrons. The minimum atomic E-state index is -5.21. The fourth-order valence-electron chi connectivity index (χ4n) is 2.48. The van der Waals surface area contributed by atoms with E-state index in [1.54, 1.807) is 0 Å². The topological polar surface area (TPSA) is 212 Å². The highest BCUT2D eigenvalue weighted by molar-refractivity contribution is 7.60. The largest absolute Gasteiger partial charge is 0.481 e. The van der Waals surface area contributed by atoms with Crippen LogP contribution in [0.5, 0.6) is 0 Å². The van der Waals surface area contributed by atoms with E-state index in [-0.39, 0.29) is 12.2 Å². The average molecular weight is 411 g/mol. The lowest BCUT2D eigenvalue weighted by Crippen LogP contribution is -2.19. The van der Waals surface area contributed by atoms with Crippen molar-refractivity contribution in [2.24, 2.45) is 0 Å². The molecular weight excluding hydrogens is 396 g/mol.